The van der Waals surface area contributed by atoms with Crippen LogP contribution in [-0.4, -0.2) is 37.8 Å². The molecule has 1 fully saturated rings. The fourth-order valence-electron chi connectivity index (χ4n) is 3.82. The summed E-state index contributed by atoms with van der Waals surface area (Å²) in [4.78, 5) is 12.9. The Kier molecular flexibility index (Phi) is 6.77. The first-order valence-electron chi connectivity index (χ1n) is 11.0. The molecule has 0 heterocycles. The van der Waals surface area contributed by atoms with Crippen LogP contribution in [0.25, 0.3) is 10.8 Å². The normalized spacial score (nSPS) is 16.6. The Bertz CT molecular complexity index is 1430. The third-order valence-corrected chi connectivity index (χ3v) is 7.75. The van der Waals surface area contributed by atoms with E-state index in [2.05, 4.69) is 10.6 Å². The molecule has 2 N–H and O–H groups in total. The summed E-state index contributed by atoms with van der Waals surface area (Å²) in [5, 5.41) is 15.2. The maximum Gasteiger partial charge on any atom is 0.407 e. The van der Waals surface area contributed by atoms with Gasteiger partial charge in [0.15, 0.2) is 9.84 Å². The molecule has 3 aromatic carbocycles. The van der Waals surface area contributed by atoms with Crippen molar-refractivity contribution in [2.45, 2.75) is 41.5 Å². The van der Waals surface area contributed by atoms with Gasteiger partial charge in [0.05, 0.1) is 16.7 Å². The summed E-state index contributed by atoms with van der Waals surface area (Å²) < 4.78 is 81.8. The van der Waals surface area contributed by atoms with E-state index in [1.807, 2.05) is 6.07 Å². The SMILES string of the molecule is N#CC1(NC(=O)C(CS(=O)(=O)c2ccc3ccccc3c2)NC(c2ccc(F)cc2)C(F)(F)F)CC1. The van der Waals surface area contributed by atoms with Gasteiger partial charge < -0.3 is 5.32 Å². The summed E-state index contributed by atoms with van der Waals surface area (Å²) in [5.74, 6) is -2.79. The van der Waals surface area contributed by atoms with Crippen LogP contribution in [0.5, 0.6) is 0 Å². The molecule has 2 atom stereocenters. The van der Waals surface area contributed by atoms with Crippen molar-refractivity contribution in [3.8, 4) is 6.07 Å². The fraction of sp³-hybridized carbons (Fsp3) is 0.280. The van der Waals surface area contributed by atoms with Gasteiger partial charge >= 0.3 is 6.18 Å². The minimum absolute atomic E-state index is 0.160. The van der Waals surface area contributed by atoms with Crippen molar-refractivity contribution in [1.82, 2.24) is 10.6 Å². The van der Waals surface area contributed by atoms with E-state index >= 15 is 0 Å². The van der Waals surface area contributed by atoms with Crippen LogP contribution in [-0.2, 0) is 14.6 Å². The number of rotatable bonds is 8. The summed E-state index contributed by atoms with van der Waals surface area (Å²) in [5.41, 5.74) is -1.63. The van der Waals surface area contributed by atoms with Crippen LogP contribution in [0.1, 0.15) is 24.4 Å². The summed E-state index contributed by atoms with van der Waals surface area (Å²) in [6.07, 6.45) is -4.32. The van der Waals surface area contributed by atoms with E-state index in [0.29, 0.717) is 18.2 Å². The summed E-state index contributed by atoms with van der Waals surface area (Å²) >= 11 is 0. The largest absolute Gasteiger partial charge is 0.407 e. The van der Waals surface area contributed by atoms with Crippen LogP contribution in [0.2, 0.25) is 0 Å². The van der Waals surface area contributed by atoms with E-state index in [0.717, 1.165) is 29.7 Å². The van der Waals surface area contributed by atoms with Gasteiger partial charge in [0, 0.05) is 0 Å². The number of halogens is 4. The minimum atomic E-state index is -4.93. The predicted molar refractivity (Wildman–Crippen MR) is 124 cm³/mol. The first-order chi connectivity index (χ1) is 16.9. The molecule has 1 aliphatic rings. The van der Waals surface area contributed by atoms with Crippen LogP contribution in [0.3, 0.4) is 0 Å². The number of carbonyl (C=O) groups is 1. The van der Waals surface area contributed by atoms with Crippen LogP contribution in [0, 0.1) is 17.1 Å². The number of carbonyl (C=O) groups excluding carboxylic acids is 1. The monoisotopic (exact) mass is 519 g/mol. The number of fused-ring (bicyclic) bond motifs is 1. The van der Waals surface area contributed by atoms with Crippen molar-refractivity contribution in [3.63, 3.8) is 0 Å². The number of nitrogens with zero attached hydrogens (tertiary/aromatic N) is 1. The standard InChI is InChI=1S/C25H21F4N3O3S/c26-19-8-5-17(6-9-19)22(25(27,28)29)31-21(23(33)32-24(15-30)11-12-24)14-36(34,35)20-10-7-16-3-1-2-4-18(16)13-20/h1-10,13,21-22,31H,11-12,14H2,(H,32,33). The van der Waals surface area contributed by atoms with Crippen molar-refractivity contribution in [1.29, 1.82) is 5.26 Å². The molecule has 0 aromatic heterocycles. The Morgan fingerprint density at radius 2 is 1.67 bits per heavy atom. The lowest BCUT2D eigenvalue weighted by atomic mass is 10.0. The van der Waals surface area contributed by atoms with Crippen molar-refractivity contribution in [2.75, 3.05) is 5.75 Å². The van der Waals surface area contributed by atoms with Gasteiger partial charge in [0.1, 0.15) is 23.4 Å². The molecule has 188 valence electrons. The molecular formula is C25H21F4N3O3S. The lowest BCUT2D eigenvalue weighted by molar-refractivity contribution is -0.160. The number of hydrogen-bond donors (Lipinski definition) is 2. The Hall–Kier alpha value is -3.49. The number of alkyl halides is 3. The predicted octanol–water partition coefficient (Wildman–Crippen LogP) is 4.19. The highest BCUT2D eigenvalue weighted by Gasteiger charge is 2.48. The first-order valence-corrected chi connectivity index (χ1v) is 12.6. The zero-order chi connectivity index (χ0) is 26.1. The second-order valence-electron chi connectivity index (χ2n) is 8.72. The van der Waals surface area contributed by atoms with Gasteiger partial charge in [0.25, 0.3) is 0 Å². The number of hydrogen-bond acceptors (Lipinski definition) is 5. The van der Waals surface area contributed by atoms with E-state index in [-0.39, 0.29) is 4.90 Å². The molecule has 36 heavy (non-hydrogen) atoms. The number of benzene rings is 3. The highest BCUT2D eigenvalue weighted by atomic mass is 32.2. The summed E-state index contributed by atoms with van der Waals surface area (Å²) in [7, 11) is -4.25. The van der Waals surface area contributed by atoms with Gasteiger partial charge in [-0.05, 0) is 53.4 Å². The van der Waals surface area contributed by atoms with Gasteiger partial charge in [-0.2, -0.15) is 18.4 Å². The highest BCUT2D eigenvalue weighted by Crippen LogP contribution is 2.36. The van der Waals surface area contributed by atoms with Gasteiger partial charge in [0.2, 0.25) is 5.91 Å². The minimum Gasteiger partial charge on any atom is -0.336 e. The van der Waals surface area contributed by atoms with E-state index in [9.17, 15) is 36.0 Å². The van der Waals surface area contributed by atoms with Gasteiger partial charge in [-0.15, -0.1) is 0 Å². The molecule has 6 nitrogen and oxygen atoms in total. The van der Waals surface area contributed by atoms with Gasteiger partial charge in [-0.25, -0.2) is 12.8 Å². The molecule has 11 heteroatoms. The molecule has 4 rings (SSSR count). The molecule has 0 saturated heterocycles. The zero-order valence-electron chi connectivity index (χ0n) is 18.7. The van der Waals surface area contributed by atoms with Crippen LogP contribution < -0.4 is 10.6 Å². The average molecular weight is 520 g/mol. The van der Waals surface area contributed by atoms with E-state index in [1.54, 1.807) is 30.3 Å². The third kappa shape index (κ3) is 5.66. The topological polar surface area (TPSA) is 99.1 Å². The average Bonchev–Trinajstić information content (AvgIpc) is 3.61. The Labute approximate surface area is 204 Å². The number of nitrogens with one attached hydrogen (secondary N) is 2. The third-order valence-electron chi connectivity index (χ3n) is 6.01. The number of sulfone groups is 1. The second kappa shape index (κ2) is 9.52. The van der Waals surface area contributed by atoms with E-state index in [1.165, 1.54) is 12.1 Å². The van der Waals surface area contributed by atoms with Gasteiger partial charge in [-0.3, -0.25) is 10.1 Å². The lowest BCUT2D eigenvalue weighted by Crippen LogP contribution is -2.54. The molecule has 1 aliphatic carbocycles. The highest BCUT2D eigenvalue weighted by molar-refractivity contribution is 7.91. The Morgan fingerprint density at radius 1 is 1.03 bits per heavy atom. The van der Waals surface area contributed by atoms with Crippen LogP contribution in [0.15, 0.2) is 71.6 Å². The Morgan fingerprint density at radius 3 is 2.25 bits per heavy atom. The molecular weight excluding hydrogens is 498 g/mol. The molecule has 0 aliphatic heterocycles. The van der Waals surface area contributed by atoms with Crippen LogP contribution in [0.4, 0.5) is 17.6 Å². The smallest absolute Gasteiger partial charge is 0.336 e. The van der Waals surface area contributed by atoms with Gasteiger partial charge in [-0.1, -0.05) is 42.5 Å². The first kappa shape index (κ1) is 25.6. The van der Waals surface area contributed by atoms with Crippen LogP contribution >= 0.6 is 0 Å². The lowest BCUT2D eigenvalue weighted by Gasteiger charge is -2.28. The molecule has 0 radical (unpaired) electrons. The van der Waals surface area contributed by atoms with Crippen molar-refractivity contribution in [3.05, 3.63) is 78.1 Å². The zero-order valence-corrected chi connectivity index (χ0v) is 19.5. The molecule has 1 saturated carbocycles. The maximum atomic E-state index is 14.0. The summed E-state index contributed by atoms with van der Waals surface area (Å²) in [6.45, 7) is 0. The van der Waals surface area contributed by atoms with Crippen molar-refractivity contribution >= 4 is 26.5 Å². The molecule has 2 unspecified atom stereocenters. The number of amides is 1. The van der Waals surface area contributed by atoms with Crippen molar-refractivity contribution < 1.29 is 30.8 Å². The summed E-state index contributed by atoms with van der Waals surface area (Å²) in [6, 6.07) is 12.3. The fourth-order valence-corrected chi connectivity index (χ4v) is 5.29. The molecule has 0 spiro atoms. The molecule has 1 amide bonds. The molecule has 0 bridgehead atoms. The van der Waals surface area contributed by atoms with Crippen molar-refractivity contribution in [2.24, 2.45) is 0 Å². The Balaban J connectivity index is 1.68. The quantitative estimate of drug-likeness (QED) is 0.435. The number of nitriles is 1. The van der Waals surface area contributed by atoms with E-state index in [4.69, 9.17) is 0 Å². The molecule has 3 aromatic rings. The maximum absolute atomic E-state index is 14.0. The second-order valence-corrected chi connectivity index (χ2v) is 10.8. The van der Waals surface area contributed by atoms with E-state index < -0.39 is 56.7 Å².